The first-order valence-corrected chi connectivity index (χ1v) is 4.11. The van der Waals surface area contributed by atoms with Gasteiger partial charge in [-0.1, -0.05) is 13.3 Å². The lowest BCUT2D eigenvalue weighted by Gasteiger charge is -2.08. The number of esters is 1. The lowest BCUT2D eigenvalue weighted by atomic mass is 10.2. The van der Waals surface area contributed by atoms with Crippen LogP contribution in [0.25, 0.3) is 0 Å². The molecule has 0 amide bonds. The Balaban J connectivity index is 2.42. The molecular formula is C8H15NO2. The van der Waals surface area contributed by atoms with Gasteiger partial charge in [0.2, 0.25) is 0 Å². The van der Waals surface area contributed by atoms with Crippen LogP contribution in [0.1, 0.15) is 26.7 Å². The van der Waals surface area contributed by atoms with Crippen LogP contribution in [-0.4, -0.2) is 18.1 Å². The average molecular weight is 157 g/mol. The van der Waals surface area contributed by atoms with Crippen molar-refractivity contribution in [1.29, 1.82) is 0 Å². The first-order chi connectivity index (χ1) is 5.15. The molecule has 3 nitrogen and oxygen atoms in total. The van der Waals surface area contributed by atoms with E-state index in [1.54, 1.807) is 6.92 Å². The van der Waals surface area contributed by atoms with E-state index in [2.05, 4.69) is 0 Å². The minimum absolute atomic E-state index is 0.230. The van der Waals surface area contributed by atoms with Gasteiger partial charge in [-0.25, -0.2) is 0 Å². The molecule has 11 heavy (non-hydrogen) atoms. The van der Waals surface area contributed by atoms with E-state index in [-0.39, 0.29) is 5.97 Å². The van der Waals surface area contributed by atoms with Crippen molar-refractivity contribution in [2.24, 2.45) is 11.7 Å². The number of rotatable bonds is 3. The predicted octanol–water partition coefficient (Wildman–Crippen LogP) is 0.677. The molecule has 0 spiro atoms. The summed E-state index contributed by atoms with van der Waals surface area (Å²) in [6.45, 7) is 4.26. The van der Waals surface area contributed by atoms with E-state index in [1.807, 2.05) is 6.92 Å². The van der Waals surface area contributed by atoms with Crippen molar-refractivity contribution in [1.82, 2.24) is 0 Å². The van der Waals surface area contributed by atoms with Crippen LogP contribution in [0.2, 0.25) is 0 Å². The van der Waals surface area contributed by atoms with Crippen molar-refractivity contribution in [3.63, 3.8) is 0 Å². The van der Waals surface area contributed by atoms with E-state index < -0.39 is 5.54 Å². The first kappa shape index (κ1) is 8.53. The molecule has 0 aromatic carbocycles. The fraction of sp³-hybridized carbons (Fsp3) is 0.875. The van der Waals surface area contributed by atoms with Gasteiger partial charge in [-0.2, -0.15) is 0 Å². The van der Waals surface area contributed by atoms with Crippen molar-refractivity contribution in [3.8, 4) is 0 Å². The number of carbonyl (C=O) groups excluding carboxylic acids is 1. The minimum atomic E-state index is -0.634. The Labute approximate surface area is 66.9 Å². The van der Waals surface area contributed by atoms with Crippen molar-refractivity contribution < 1.29 is 9.53 Å². The molecule has 2 N–H and O–H groups in total. The molecule has 0 aromatic rings. The predicted molar refractivity (Wildman–Crippen MR) is 41.9 cm³/mol. The zero-order valence-electron chi connectivity index (χ0n) is 7.09. The zero-order chi connectivity index (χ0) is 8.48. The van der Waals surface area contributed by atoms with E-state index in [9.17, 15) is 4.79 Å². The Morgan fingerprint density at radius 3 is 2.73 bits per heavy atom. The number of ether oxygens (including phenoxy) is 1. The standard InChI is InChI=1S/C8H15NO2/c1-3-6-5-8(6,9)7(10)11-4-2/h6H,3-5,9H2,1-2H3/t6-,8+/m0/s1. The van der Waals surface area contributed by atoms with Crippen LogP contribution in [0.15, 0.2) is 0 Å². The molecule has 1 aliphatic carbocycles. The molecule has 0 heterocycles. The van der Waals surface area contributed by atoms with Gasteiger partial charge in [-0.3, -0.25) is 4.79 Å². The molecule has 1 saturated carbocycles. The van der Waals surface area contributed by atoms with Crippen molar-refractivity contribution in [2.75, 3.05) is 6.61 Å². The largest absolute Gasteiger partial charge is 0.465 e. The van der Waals surface area contributed by atoms with Crippen LogP contribution >= 0.6 is 0 Å². The van der Waals surface area contributed by atoms with Crippen molar-refractivity contribution in [3.05, 3.63) is 0 Å². The molecular weight excluding hydrogens is 142 g/mol. The fourth-order valence-corrected chi connectivity index (χ4v) is 1.37. The van der Waals surface area contributed by atoms with Gasteiger partial charge in [0.25, 0.3) is 0 Å². The second kappa shape index (κ2) is 2.81. The maximum absolute atomic E-state index is 11.1. The van der Waals surface area contributed by atoms with Crippen molar-refractivity contribution >= 4 is 5.97 Å². The van der Waals surface area contributed by atoms with E-state index in [1.165, 1.54) is 0 Å². The summed E-state index contributed by atoms with van der Waals surface area (Å²) in [7, 11) is 0. The van der Waals surface area contributed by atoms with Gasteiger partial charge < -0.3 is 10.5 Å². The third-order valence-electron chi connectivity index (χ3n) is 2.30. The van der Waals surface area contributed by atoms with Crippen LogP contribution in [0.5, 0.6) is 0 Å². The molecule has 1 fully saturated rings. The number of nitrogens with two attached hydrogens (primary N) is 1. The Morgan fingerprint density at radius 2 is 2.36 bits per heavy atom. The molecule has 0 radical (unpaired) electrons. The second-order valence-corrected chi connectivity index (χ2v) is 3.07. The van der Waals surface area contributed by atoms with E-state index in [4.69, 9.17) is 10.5 Å². The highest BCUT2D eigenvalue weighted by Crippen LogP contribution is 2.44. The van der Waals surface area contributed by atoms with Gasteiger partial charge in [0.05, 0.1) is 6.61 Å². The van der Waals surface area contributed by atoms with Gasteiger partial charge >= 0.3 is 5.97 Å². The number of hydrogen-bond acceptors (Lipinski definition) is 3. The third-order valence-corrected chi connectivity index (χ3v) is 2.30. The Hall–Kier alpha value is -0.570. The lowest BCUT2D eigenvalue weighted by molar-refractivity contribution is -0.146. The molecule has 1 aliphatic rings. The smallest absolute Gasteiger partial charge is 0.326 e. The van der Waals surface area contributed by atoms with Crippen LogP contribution in [-0.2, 0) is 9.53 Å². The fourth-order valence-electron chi connectivity index (χ4n) is 1.37. The van der Waals surface area contributed by atoms with Gasteiger partial charge in [0, 0.05) is 0 Å². The molecule has 2 atom stereocenters. The van der Waals surface area contributed by atoms with E-state index >= 15 is 0 Å². The highest BCUT2D eigenvalue weighted by Gasteiger charge is 2.57. The summed E-state index contributed by atoms with van der Waals surface area (Å²) in [5, 5.41) is 0. The number of carbonyl (C=O) groups is 1. The van der Waals surface area contributed by atoms with Gasteiger partial charge in [-0.05, 0) is 19.3 Å². The lowest BCUT2D eigenvalue weighted by Crippen LogP contribution is -2.37. The second-order valence-electron chi connectivity index (χ2n) is 3.07. The molecule has 64 valence electrons. The van der Waals surface area contributed by atoms with Crippen molar-refractivity contribution in [2.45, 2.75) is 32.2 Å². The monoisotopic (exact) mass is 157 g/mol. The van der Waals surface area contributed by atoms with Gasteiger partial charge in [0.1, 0.15) is 5.54 Å². The molecule has 0 saturated heterocycles. The zero-order valence-corrected chi connectivity index (χ0v) is 7.09. The van der Waals surface area contributed by atoms with Gasteiger partial charge in [-0.15, -0.1) is 0 Å². The Morgan fingerprint density at radius 1 is 1.73 bits per heavy atom. The molecule has 0 aromatic heterocycles. The van der Waals surface area contributed by atoms with Crippen LogP contribution < -0.4 is 5.73 Å². The molecule has 0 aliphatic heterocycles. The maximum Gasteiger partial charge on any atom is 0.326 e. The third kappa shape index (κ3) is 1.38. The summed E-state index contributed by atoms with van der Waals surface area (Å²) in [5.74, 6) is 0.119. The van der Waals surface area contributed by atoms with Crippen LogP contribution in [0.3, 0.4) is 0 Å². The van der Waals surface area contributed by atoms with Gasteiger partial charge in [0.15, 0.2) is 0 Å². The SMILES string of the molecule is CCOC(=O)[C@@]1(N)C[C@@H]1CC. The minimum Gasteiger partial charge on any atom is -0.465 e. The molecule has 0 unspecified atom stereocenters. The summed E-state index contributed by atoms with van der Waals surface area (Å²) in [4.78, 5) is 11.1. The molecule has 0 bridgehead atoms. The van der Waals surface area contributed by atoms with E-state index in [0.717, 1.165) is 12.8 Å². The molecule has 3 heteroatoms. The summed E-state index contributed by atoms with van der Waals surface area (Å²) in [6, 6.07) is 0. The normalized spacial score (nSPS) is 35.0. The average Bonchev–Trinajstić information content (AvgIpc) is 2.64. The summed E-state index contributed by atoms with van der Waals surface area (Å²) in [6.07, 6.45) is 1.76. The quantitative estimate of drug-likeness (QED) is 0.613. The van der Waals surface area contributed by atoms with Crippen LogP contribution in [0, 0.1) is 5.92 Å². The summed E-state index contributed by atoms with van der Waals surface area (Å²) < 4.78 is 4.84. The first-order valence-electron chi connectivity index (χ1n) is 4.11. The van der Waals surface area contributed by atoms with E-state index in [0.29, 0.717) is 12.5 Å². The highest BCUT2D eigenvalue weighted by atomic mass is 16.5. The summed E-state index contributed by atoms with van der Waals surface area (Å²) >= 11 is 0. The van der Waals surface area contributed by atoms with Crippen LogP contribution in [0.4, 0.5) is 0 Å². The highest BCUT2D eigenvalue weighted by molar-refractivity contribution is 5.84. The Bertz CT molecular complexity index is 169. The summed E-state index contributed by atoms with van der Waals surface area (Å²) in [5.41, 5.74) is 5.12. The molecule has 1 rings (SSSR count). The Kier molecular flexibility index (Phi) is 2.18. The number of hydrogen-bond donors (Lipinski definition) is 1. The maximum atomic E-state index is 11.1. The topological polar surface area (TPSA) is 52.3 Å².